The van der Waals surface area contributed by atoms with Crippen LogP contribution in [-0.4, -0.2) is 97.7 Å². The highest BCUT2D eigenvalue weighted by molar-refractivity contribution is 5.99. The number of morpholine rings is 1. The van der Waals surface area contributed by atoms with Crippen LogP contribution in [0.5, 0.6) is 0 Å². The molecule has 21 heteroatoms. The van der Waals surface area contributed by atoms with E-state index in [1.54, 1.807) is 0 Å². The van der Waals surface area contributed by atoms with E-state index in [-0.39, 0.29) is 23.4 Å². The first-order chi connectivity index (χ1) is 40.1. The summed E-state index contributed by atoms with van der Waals surface area (Å²) in [6.07, 6.45) is 10.4. The first-order valence-corrected chi connectivity index (χ1v) is 28.7. The summed E-state index contributed by atoms with van der Waals surface area (Å²) in [5, 5.41) is 27.8. The second-order valence-corrected chi connectivity index (χ2v) is 22.7. The van der Waals surface area contributed by atoms with E-state index in [9.17, 15) is 14.7 Å². The Morgan fingerprint density at radius 3 is 1.45 bits per heavy atom. The number of nitrogens with one attached hydrogen (secondary N) is 2. The summed E-state index contributed by atoms with van der Waals surface area (Å²) in [4.78, 5) is 54.4. The number of nitrogen functional groups attached to an aromatic ring is 2. The van der Waals surface area contributed by atoms with Crippen molar-refractivity contribution in [2.45, 2.75) is 118 Å². The standard InChI is InChI=1S/C33H38N8O3.C29H31N7O3/c1-4-33(31(42)40-13-15-43-16-14-40)11-9-24(10-12-33)41-30-26(29(34)35-19-36-30)27(39-41)22-5-7-23(8-6-22)37-32-38-25-18-20(2)17-21(3)28(25)44-32;1-4-29(27(37)38)11-9-20(10-12-29)36-26-22(25(30)31-15-32-26)23(35-36)18-5-7-19(8-6-18)33-28-34-21-14-16(2)13-17(3)24(21)39-28/h5-8,17-19,24H,4,9-16H2,1-3H3,(H,37,38)(H2,34,35,36);5-8,13-15,20H,4,9-12H2,1-3H3,(H,33,34)(H,37,38)(H2,30,31,32). The molecule has 7 heterocycles. The predicted molar refractivity (Wildman–Crippen MR) is 319 cm³/mol. The van der Waals surface area contributed by atoms with Gasteiger partial charge < -0.3 is 45.7 Å². The van der Waals surface area contributed by atoms with Crippen LogP contribution in [-0.2, 0) is 14.3 Å². The highest BCUT2D eigenvalue weighted by Crippen LogP contribution is 2.47. The zero-order valence-electron chi connectivity index (χ0n) is 47.7. The molecule has 13 rings (SSSR count). The van der Waals surface area contributed by atoms with Crippen LogP contribution in [0.25, 0.3) is 66.8 Å². The SMILES string of the molecule is CCC1(C(=O)N2CCOCC2)CCC(n2nc(-c3ccc(Nc4nc5cc(C)cc(C)c5o4)cc3)c3c(N)ncnc32)CC1.CCC1(C(=O)O)CCC(n2nc(-c3ccc(Nc4nc5cc(C)cc(C)c5o4)cc3)c3c(N)ncnc32)CC1. The number of aromatic nitrogens is 10. The molecule has 0 radical (unpaired) electrons. The number of hydrogen-bond donors (Lipinski definition) is 5. The fraction of sp³-hybridized carbons (Fsp3) is 0.387. The molecule has 0 spiro atoms. The van der Waals surface area contributed by atoms with Gasteiger partial charge in [-0.05, 0) is 151 Å². The molecule has 4 aromatic carbocycles. The normalized spacial score (nSPS) is 20.2. The van der Waals surface area contributed by atoms with Crippen molar-refractivity contribution in [2.75, 3.05) is 48.4 Å². The molecule has 6 aromatic heterocycles. The van der Waals surface area contributed by atoms with Gasteiger partial charge in [-0.2, -0.15) is 20.2 Å². The largest absolute Gasteiger partial charge is 0.481 e. The molecule has 83 heavy (non-hydrogen) atoms. The minimum absolute atomic E-state index is 0.0433. The summed E-state index contributed by atoms with van der Waals surface area (Å²) in [5.74, 6) is 0.329. The van der Waals surface area contributed by atoms with Crippen LogP contribution in [0.3, 0.4) is 0 Å². The van der Waals surface area contributed by atoms with E-state index < -0.39 is 11.4 Å². The van der Waals surface area contributed by atoms with Crippen molar-refractivity contribution in [3.8, 4) is 22.5 Å². The van der Waals surface area contributed by atoms with Gasteiger partial charge in [-0.3, -0.25) is 9.59 Å². The van der Waals surface area contributed by atoms with Crippen LogP contribution in [0.15, 0.2) is 94.3 Å². The van der Waals surface area contributed by atoms with E-state index in [0.717, 1.165) is 116 Å². The lowest BCUT2D eigenvalue weighted by Crippen LogP contribution is -2.50. The number of anilines is 6. The van der Waals surface area contributed by atoms with Crippen LogP contribution >= 0.6 is 0 Å². The topological polar surface area (TPSA) is 282 Å². The minimum Gasteiger partial charge on any atom is -0.481 e. The summed E-state index contributed by atoms with van der Waals surface area (Å²) in [5.41, 5.74) is 25.6. The lowest BCUT2D eigenvalue weighted by Gasteiger charge is -2.42. The molecule has 2 aliphatic carbocycles. The van der Waals surface area contributed by atoms with E-state index >= 15 is 0 Å². The first kappa shape index (κ1) is 54.6. The molecule has 0 unspecified atom stereocenters. The predicted octanol–water partition coefficient (Wildman–Crippen LogP) is 12.1. The smallest absolute Gasteiger partial charge is 0.309 e. The molecule has 0 bridgehead atoms. The lowest BCUT2D eigenvalue weighted by molar-refractivity contribution is -0.152. The zero-order chi connectivity index (χ0) is 57.7. The third-order valence-corrected chi connectivity index (χ3v) is 17.6. The highest BCUT2D eigenvalue weighted by atomic mass is 16.5. The van der Waals surface area contributed by atoms with Gasteiger partial charge in [0, 0.05) is 41.0 Å². The Balaban J connectivity index is 0.000000165. The molecule has 1 saturated heterocycles. The van der Waals surface area contributed by atoms with Gasteiger partial charge in [-0.15, -0.1) is 0 Å². The Hall–Kier alpha value is -8.98. The Morgan fingerprint density at radius 2 is 1.04 bits per heavy atom. The number of amides is 1. The quantitative estimate of drug-likeness (QED) is 0.0760. The summed E-state index contributed by atoms with van der Waals surface area (Å²) >= 11 is 0. The third-order valence-electron chi connectivity index (χ3n) is 17.6. The van der Waals surface area contributed by atoms with Crippen LogP contribution in [0.1, 0.15) is 112 Å². The van der Waals surface area contributed by atoms with E-state index in [2.05, 4.69) is 66.5 Å². The van der Waals surface area contributed by atoms with Gasteiger partial charge in [0.15, 0.2) is 22.5 Å². The Bertz CT molecular complexity index is 4050. The van der Waals surface area contributed by atoms with Gasteiger partial charge in [-0.1, -0.05) is 50.2 Å². The van der Waals surface area contributed by atoms with Crippen molar-refractivity contribution in [3.63, 3.8) is 0 Å². The fourth-order valence-corrected chi connectivity index (χ4v) is 12.8. The second kappa shape index (κ2) is 22.1. The molecule has 3 fully saturated rings. The molecular formula is C62H69N15O6. The van der Waals surface area contributed by atoms with Crippen molar-refractivity contribution in [2.24, 2.45) is 10.8 Å². The zero-order valence-corrected chi connectivity index (χ0v) is 47.7. The monoisotopic (exact) mass is 1120 g/mol. The summed E-state index contributed by atoms with van der Waals surface area (Å²) in [6.45, 7) is 14.8. The van der Waals surface area contributed by atoms with Gasteiger partial charge in [0.1, 0.15) is 46.7 Å². The Labute approximate surface area is 479 Å². The second-order valence-electron chi connectivity index (χ2n) is 22.7. The minimum atomic E-state index is -0.710. The number of nitrogens with zero attached hydrogens (tertiary/aromatic N) is 11. The van der Waals surface area contributed by atoms with Crippen molar-refractivity contribution in [1.29, 1.82) is 0 Å². The maximum atomic E-state index is 13.6. The number of carbonyl (C=O) groups excluding carboxylic acids is 1. The maximum absolute atomic E-state index is 13.6. The molecule has 7 N–H and O–H groups in total. The molecule has 10 aromatic rings. The number of nitrogens with two attached hydrogens (primary N) is 2. The average molecular weight is 1120 g/mol. The molecule has 1 amide bonds. The van der Waals surface area contributed by atoms with Crippen molar-refractivity contribution in [1.82, 2.24) is 54.4 Å². The van der Waals surface area contributed by atoms with Crippen LogP contribution in [0.2, 0.25) is 0 Å². The molecule has 0 atom stereocenters. The first-order valence-electron chi connectivity index (χ1n) is 28.7. The molecule has 3 aliphatic rings. The van der Waals surface area contributed by atoms with E-state index in [1.165, 1.54) is 12.7 Å². The number of ether oxygens (including phenoxy) is 1. The number of carbonyl (C=O) groups is 2. The van der Waals surface area contributed by atoms with Crippen LogP contribution in [0.4, 0.5) is 35.0 Å². The number of aliphatic carboxylic acids is 1. The van der Waals surface area contributed by atoms with Gasteiger partial charge in [-0.25, -0.2) is 29.3 Å². The Kier molecular flexibility index (Phi) is 14.5. The van der Waals surface area contributed by atoms with Crippen molar-refractivity contribution in [3.05, 3.63) is 108 Å². The summed E-state index contributed by atoms with van der Waals surface area (Å²) in [6, 6.07) is 25.0. The van der Waals surface area contributed by atoms with Gasteiger partial charge in [0.25, 0.3) is 12.0 Å². The number of rotatable bonds is 12. The highest BCUT2D eigenvalue weighted by Gasteiger charge is 2.44. The third kappa shape index (κ3) is 10.3. The number of benzene rings is 4. The molecule has 428 valence electrons. The van der Waals surface area contributed by atoms with Crippen LogP contribution < -0.4 is 22.1 Å². The van der Waals surface area contributed by atoms with E-state index in [1.807, 2.05) is 103 Å². The van der Waals surface area contributed by atoms with Gasteiger partial charge >= 0.3 is 5.97 Å². The van der Waals surface area contributed by atoms with E-state index in [4.69, 9.17) is 35.2 Å². The number of hydrogen-bond acceptors (Lipinski definition) is 17. The van der Waals surface area contributed by atoms with Crippen molar-refractivity contribution < 1.29 is 28.3 Å². The fourth-order valence-electron chi connectivity index (χ4n) is 12.8. The number of fused-ring (bicyclic) bond motifs is 4. The number of aryl methyl sites for hydroxylation is 4. The molecule has 2 saturated carbocycles. The molecule has 21 nitrogen and oxygen atoms in total. The van der Waals surface area contributed by atoms with Gasteiger partial charge in [0.05, 0.1) is 41.5 Å². The molecule has 1 aliphatic heterocycles. The summed E-state index contributed by atoms with van der Waals surface area (Å²) in [7, 11) is 0. The van der Waals surface area contributed by atoms with Crippen molar-refractivity contribution >= 4 is 91.2 Å². The summed E-state index contributed by atoms with van der Waals surface area (Å²) < 4.78 is 21.3. The number of carboxylic acids is 1. The Morgan fingerprint density at radius 1 is 0.614 bits per heavy atom. The van der Waals surface area contributed by atoms with Gasteiger partial charge in [0.2, 0.25) is 5.91 Å². The number of carboxylic acid groups (broad SMARTS) is 1. The van der Waals surface area contributed by atoms with Crippen LogP contribution in [0, 0.1) is 38.5 Å². The maximum Gasteiger partial charge on any atom is 0.309 e. The average Bonchev–Trinajstić information content (AvgIpc) is 3.85. The number of oxazole rings is 2. The van der Waals surface area contributed by atoms with E-state index in [0.29, 0.717) is 98.8 Å². The molecular weight excluding hydrogens is 1050 g/mol. The lowest BCUT2D eigenvalue weighted by atomic mass is 9.69.